The normalized spacial score (nSPS) is 10.5. The third-order valence-electron chi connectivity index (χ3n) is 2.56. The Hall–Kier alpha value is -0.960. The lowest BCUT2D eigenvalue weighted by Gasteiger charge is -2.12. The van der Waals surface area contributed by atoms with Crippen LogP contribution >= 0.6 is 34.8 Å². The second-order valence-corrected chi connectivity index (χ2v) is 4.98. The Morgan fingerprint density at radius 3 is 2.53 bits per heavy atom. The summed E-state index contributed by atoms with van der Waals surface area (Å²) in [5.74, 6) is 0.393. The molecular formula is C14H10Cl3FO. The van der Waals surface area contributed by atoms with Crippen LogP contribution in [0.15, 0.2) is 36.4 Å². The molecule has 0 aliphatic rings. The van der Waals surface area contributed by atoms with E-state index in [0.717, 1.165) is 11.1 Å². The highest BCUT2D eigenvalue weighted by Crippen LogP contribution is 2.30. The first-order valence-corrected chi connectivity index (χ1v) is 6.81. The van der Waals surface area contributed by atoms with E-state index in [0.29, 0.717) is 16.7 Å². The van der Waals surface area contributed by atoms with Crippen LogP contribution in [0.4, 0.5) is 4.39 Å². The van der Waals surface area contributed by atoms with E-state index in [1.54, 1.807) is 12.1 Å². The molecule has 0 spiro atoms. The third-order valence-corrected chi connectivity index (χ3v) is 3.43. The molecule has 0 bridgehead atoms. The number of hydrogen-bond donors (Lipinski definition) is 0. The van der Waals surface area contributed by atoms with Crippen LogP contribution in [-0.4, -0.2) is 0 Å². The van der Waals surface area contributed by atoms with Crippen molar-refractivity contribution in [1.82, 2.24) is 0 Å². The lowest BCUT2D eigenvalue weighted by atomic mass is 10.2. The standard InChI is InChI=1S/C14H10Cl3FO/c15-7-10-2-1-3-11(16)14(10)19-8-9-4-5-13(18)12(17)6-9/h1-6H,7-8H2. The molecule has 2 aromatic rings. The van der Waals surface area contributed by atoms with Gasteiger partial charge in [-0.3, -0.25) is 0 Å². The van der Waals surface area contributed by atoms with Gasteiger partial charge in [0.1, 0.15) is 18.2 Å². The average Bonchev–Trinajstić information content (AvgIpc) is 2.41. The fourth-order valence-electron chi connectivity index (χ4n) is 1.61. The number of rotatable bonds is 4. The van der Waals surface area contributed by atoms with E-state index < -0.39 is 5.82 Å². The maximum atomic E-state index is 13.0. The molecular weight excluding hydrogens is 310 g/mol. The van der Waals surface area contributed by atoms with Gasteiger partial charge in [-0.2, -0.15) is 0 Å². The van der Waals surface area contributed by atoms with Crippen molar-refractivity contribution in [2.24, 2.45) is 0 Å². The predicted molar refractivity (Wildman–Crippen MR) is 76.8 cm³/mol. The van der Waals surface area contributed by atoms with Gasteiger partial charge in [0.2, 0.25) is 0 Å². The van der Waals surface area contributed by atoms with Crippen molar-refractivity contribution in [2.45, 2.75) is 12.5 Å². The van der Waals surface area contributed by atoms with Crippen molar-refractivity contribution in [3.8, 4) is 5.75 Å². The molecule has 1 nitrogen and oxygen atoms in total. The molecule has 2 rings (SSSR count). The van der Waals surface area contributed by atoms with Crippen molar-refractivity contribution < 1.29 is 9.13 Å². The lowest BCUT2D eigenvalue weighted by molar-refractivity contribution is 0.304. The molecule has 5 heteroatoms. The number of halogens is 4. The maximum absolute atomic E-state index is 13.0. The van der Waals surface area contributed by atoms with Crippen LogP contribution in [-0.2, 0) is 12.5 Å². The average molecular weight is 320 g/mol. The van der Waals surface area contributed by atoms with Crippen molar-refractivity contribution in [1.29, 1.82) is 0 Å². The summed E-state index contributed by atoms with van der Waals surface area (Å²) in [6, 6.07) is 9.81. The fourth-order valence-corrected chi connectivity index (χ4v) is 2.27. The number of alkyl halides is 1. The van der Waals surface area contributed by atoms with E-state index in [1.807, 2.05) is 12.1 Å². The van der Waals surface area contributed by atoms with Crippen molar-refractivity contribution >= 4 is 34.8 Å². The second kappa shape index (κ2) is 6.47. The zero-order valence-electron chi connectivity index (χ0n) is 9.80. The van der Waals surface area contributed by atoms with E-state index in [4.69, 9.17) is 39.5 Å². The molecule has 19 heavy (non-hydrogen) atoms. The fraction of sp³-hybridized carbons (Fsp3) is 0.143. The Bertz CT molecular complexity index is 587. The summed E-state index contributed by atoms with van der Waals surface area (Å²) in [4.78, 5) is 0. The second-order valence-electron chi connectivity index (χ2n) is 3.90. The van der Waals surface area contributed by atoms with Crippen LogP contribution in [0.1, 0.15) is 11.1 Å². The van der Waals surface area contributed by atoms with Crippen LogP contribution in [0.25, 0.3) is 0 Å². The zero-order chi connectivity index (χ0) is 13.8. The Kier molecular flexibility index (Phi) is 4.92. The summed E-state index contributed by atoms with van der Waals surface area (Å²) >= 11 is 17.6. The van der Waals surface area contributed by atoms with Crippen LogP contribution in [0.5, 0.6) is 5.75 Å². The van der Waals surface area contributed by atoms with E-state index in [-0.39, 0.29) is 11.6 Å². The number of ether oxygens (including phenoxy) is 1. The summed E-state index contributed by atoms with van der Waals surface area (Å²) in [7, 11) is 0. The predicted octanol–water partition coefficient (Wildman–Crippen LogP) is 5.45. The van der Waals surface area contributed by atoms with Gasteiger partial charge in [-0.1, -0.05) is 41.4 Å². The molecule has 0 amide bonds. The van der Waals surface area contributed by atoms with Crippen molar-refractivity contribution in [3.05, 3.63) is 63.4 Å². The van der Waals surface area contributed by atoms with Crippen LogP contribution < -0.4 is 4.74 Å². The van der Waals surface area contributed by atoms with Crippen molar-refractivity contribution in [2.75, 3.05) is 0 Å². The molecule has 0 atom stereocenters. The van der Waals surface area contributed by atoms with Gasteiger partial charge in [0.25, 0.3) is 0 Å². The minimum Gasteiger partial charge on any atom is -0.487 e. The topological polar surface area (TPSA) is 9.23 Å². The van der Waals surface area contributed by atoms with Gasteiger partial charge in [-0.05, 0) is 23.8 Å². The lowest BCUT2D eigenvalue weighted by Crippen LogP contribution is -1.99. The molecule has 0 fully saturated rings. The van der Waals surface area contributed by atoms with E-state index in [2.05, 4.69) is 0 Å². The summed E-state index contributed by atoms with van der Waals surface area (Å²) in [6.07, 6.45) is 0. The Balaban J connectivity index is 2.16. The van der Waals surface area contributed by atoms with Crippen LogP contribution in [0, 0.1) is 5.82 Å². The molecule has 0 aliphatic carbocycles. The molecule has 0 unspecified atom stereocenters. The molecule has 0 saturated carbocycles. The monoisotopic (exact) mass is 318 g/mol. The Labute approximate surface area is 125 Å². The van der Waals surface area contributed by atoms with Crippen LogP contribution in [0.3, 0.4) is 0 Å². The highest BCUT2D eigenvalue weighted by Gasteiger charge is 2.08. The molecule has 0 N–H and O–H groups in total. The smallest absolute Gasteiger partial charge is 0.142 e. The number of para-hydroxylation sites is 1. The van der Waals surface area contributed by atoms with Gasteiger partial charge in [0, 0.05) is 5.56 Å². The highest BCUT2D eigenvalue weighted by atomic mass is 35.5. The van der Waals surface area contributed by atoms with E-state index >= 15 is 0 Å². The molecule has 0 heterocycles. The van der Waals surface area contributed by atoms with Crippen LogP contribution in [0.2, 0.25) is 10.0 Å². The van der Waals surface area contributed by atoms with Gasteiger partial charge in [0.05, 0.1) is 15.9 Å². The largest absolute Gasteiger partial charge is 0.487 e. The molecule has 0 aromatic heterocycles. The molecule has 2 aromatic carbocycles. The van der Waals surface area contributed by atoms with Gasteiger partial charge in [0.15, 0.2) is 0 Å². The van der Waals surface area contributed by atoms with Crippen molar-refractivity contribution in [3.63, 3.8) is 0 Å². The molecule has 0 aliphatic heterocycles. The zero-order valence-corrected chi connectivity index (χ0v) is 12.1. The Morgan fingerprint density at radius 1 is 1.05 bits per heavy atom. The molecule has 100 valence electrons. The third kappa shape index (κ3) is 3.53. The minimum atomic E-state index is -0.454. The quantitative estimate of drug-likeness (QED) is 0.681. The van der Waals surface area contributed by atoms with Gasteiger partial charge < -0.3 is 4.74 Å². The first-order valence-electron chi connectivity index (χ1n) is 5.52. The summed E-state index contributed by atoms with van der Waals surface area (Å²) in [5, 5.41) is 0.559. The number of benzene rings is 2. The number of hydrogen-bond acceptors (Lipinski definition) is 1. The van der Waals surface area contributed by atoms with Gasteiger partial charge >= 0.3 is 0 Å². The van der Waals surface area contributed by atoms with Gasteiger partial charge in [-0.25, -0.2) is 4.39 Å². The summed E-state index contributed by atoms with van der Waals surface area (Å²) in [6.45, 7) is 0.244. The SMILES string of the molecule is Fc1ccc(COc2c(Cl)cccc2CCl)cc1Cl. The highest BCUT2D eigenvalue weighted by molar-refractivity contribution is 6.32. The molecule has 0 saturated heterocycles. The summed E-state index contributed by atoms with van der Waals surface area (Å²) < 4.78 is 18.7. The van der Waals surface area contributed by atoms with E-state index in [9.17, 15) is 4.39 Å². The van der Waals surface area contributed by atoms with E-state index in [1.165, 1.54) is 12.1 Å². The minimum absolute atomic E-state index is 0.0674. The first-order chi connectivity index (χ1) is 9.11. The van der Waals surface area contributed by atoms with Gasteiger partial charge in [-0.15, -0.1) is 11.6 Å². The maximum Gasteiger partial charge on any atom is 0.142 e. The molecule has 0 radical (unpaired) electrons. The summed E-state index contributed by atoms with van der Waals surface area (Å²) in [5.41, 5.74) is 1.56. The first kappa shape index (κ1) is 14.4. The Morgan fingerprint density at radius 2 is 1.84 bits per heavy atom.